The molecule has 0 aliphatic carbocycles. The van der Waals surface area contributed by atoms with Crippen molar-refractivity contribution in [1.29, 1.82) is 0 Å². The highest BCUT2D eigenvalue weighted by atomic mass is 19.2. The maximum atomic E-state index is 14.0. The molecule has 0 bridgehead atoms. The van der Waals surface area contributed by atoms with E-state index in [9.17, 15) is 27.5 Å². The minimum Gasteiger partial charge on any atom is -0.493 e. The van der Waals surface area contributed by atoms with Crippen molar-refractivity contribution in [2.75, 3.05) is 7.11 Å². The molecule has 172 valence electrons. The molecule has 33 heavy (non-hydrogen) atoms. The number of nitrogens with zero attached hydrogens (tertiary/aromatic N) is 1. The maximum absolute atomic E-state index is 14.0. The molecule has 0 aliphatic heterocycles. The maximum Gasteiger partial charge on any atom is 0.336 e. The van der Waals surface area contributed by atoms with Gasteiger partial charge in [0, 0.05) is 0 Å². The first kappa shape index (κ1) is 23.8. The molecular formula is C24H19F4NO4. The van der Waals surface area contributed by atoms with Gasteiger partial charge in [-0.15, -0.1) is 0 Å². The summed E-state index contributed by atoms with van der Waals surface area (Å²) in [6, 6.07) is 7.54. The van der Waals surface area contributed by atoms with E-state index in [-0.39, 0.29) is 22.6 Å². The van der Waals surface area contributed by atoms with E-state index in [1.807, 2.05) is 20.8 Å². The molecule has 1 heterocycles. The number of benzene rings is 2. The zero-order chi connectivity index (χ0) is 24.4. The normalized spacial score (nSPS) is 11.5. The third-order valence-electron chi connectivity index (χ3n) is 5.14. The standard InChI is InChI=1S/C24H19F4NO4/c1-11-7-15(8-12(2)13(11)3)16(24(30)31)9-14-5-6-17(32-4)18(10-14)33-21-19(25)22(27)29-23(28)20(21)26/h5-10H,1-4H3,(H,30,31)/b16-9+. The second-order valence-corrected chi connectivity index (χ2v) is 7.26. The van der Waals surface area contributed by atoms with Crippen molar-refractivity contribution >= 4 is 17.6 Å². The van der Waals surface area contributed by atoms with E-state index in [1.54, 1.807) is 12.1 Å². The number of halogens is 4. The number of carboxylic acids is 1. The van der Waals surface area contributed by atoms with Crippen LogP contribution in [0.4, 0.5) is 17.6 Å². The Morgan fingerprint density at radius 3 is 2.03 bits per heavy atom. The summed E-state index contributed by atoms with van der Waals surface area (Å²) in [6.07, 6.45) is 1.33. The number of pyridine rings is 1. The molecule has 0 fully saturated rings. The van der Waals surface area contributed by atoms with Crippen LogP contribution in [0.15, 0.2) is 30.3 Å². The number of hydrogen-bond donors (Lipinski definition) is 1. The Hall–Kier alpha value is -3.88. The van der Waals surface area contributed by atoms with Crippen LogP contribution in [-0.4, -0.2) is 23.2 Å². The lowest BCUT2D eigenvalue weighted by Gasteiger charge is -2.13. The summed E-state index contributed by atoms with van der Waals surface area (Å²) < 4.78 is 65.1. The summed E-state index contributed by atoms with van der Waals surface area (Å²) in [6.45, 7) is 5.65. The summed E-state index contributed by atoms with van der Waals surface area (Å²) >= 11 is 0. The fraction of sp³-hybridized carbons (Fsp3) is 0.167. The molecule has 0 unspecified atom stereocenters. The molecule has 0 saturated heterocycles. The fourth-order valence-corrected chi connectivity index (χ4v) is 3.16. The highest BCUT2D eigenvalue weighted by molar-refractivity contribution is 6.20. The van der Waals surface area contributed by atoms with Gasteiger partial charge in [-0.25, -0.2) is 4.79 Å². The third-order valence-corrected chi connectivity index (χ3v) is 5.14. The lowest BCUT2D eigenvalue weighted by molar-refractivity contribution is -0.130. The predicted octanol–water partition coefficient (Wildman–Crippen LogP) is 5.99. The number of carboxylic acid groups (broad SMARTS) is 1. The second kappa shape index (κ2) is 9.32. The SMILES string of the molecule is COc1ccc(/C=C(/C(=O)O)c2cc(C)c(C)c(C)c2)cc1Oc1c(F)c(F)nc(F)c1F. The van der Waals surface area contributed by atoms with Crippen molar-refractivity contribution in [2.24, 2.45) is 0 Å². The molecule has 1 N–H and O–H groups in total. The largest absolute Gasteiger partial charge is 0.493 e. The molecule has 0 amide bonds. The van der Waals surface area contributed by atoms with Crippen molar-refractivity contribution in [1.82, 2.24) is 4.98 Å². The zero-order valence-electron chi connectivity index (χ0n) is 18.1. The summed E-state index contributed by atoms with van der Waals surface area (Å²) in [5.74, 6) is -10.3. The zero-order valence-corrected chi connectivity index (χ0v) is 18.1. The molecular weight excluding hydrogens is 442 g/mol. The number of hydrogen-bond acceptors (Lipinski definition) is 4. The van der Waals surface area contributed by atoms with Crippen LogP contribution in [0.1, 0.15) is 27.8 Å². The van der Waals surface area contributed by atoms with Gasteiger partial charge in [0.2, 0.25) is 17.4 Å². The van der Waals surface area contributed by atoms with Gasteiger partial charge in [0.05, 0.1) is 12.7 Å². The quantitative estimate of drug-likeness (QED) is 0.211. The van der Waals surface area contributed by atoms with Crippen LogP contribution in [0.5, 0.6) is 17.2 Å². The van der Waals surface area contributed by atoms with E-state index in [2.05, 4.69) is 4.98 Å². The van der Waals surface area contributed by atoms with Gasteiger partial charge >= 0.3 is 5.97 Å². The van der Waals surface area contributed by atoms with Crippen LogP contribution in [0, 0.1) is 44.3 Å². The molecule has 0 aliphatic rings. The molecule has 0 saturated carbocycles. The van der Waals surface area contributed by atoms with E-state index in [1.165, 1.54) is 31.4 Å². The first-order valence-corrected chi connectivity index (χ1v) is 9.62. The number of methoxy groups -OCH3 is 1. The Kier molecular flexibility index (Phi) is 6.71. The summed E-state index contributed by atoms with van der Waals surface area (Å²) in [4.78, 5) is 14.4. The van der Waals surface area contributed by atoms with Gasteiger partial charge in [-0.3, -0.25) is 0 Å². The smallest absolute Gasteiger partial charge is 0.336 e. The van der Waals surface area contributed by atoms with E-state index in [0.29, 0.717) is 5.56 Å². The van der Waals surface area contributed by atoms with Gasteiger partial charge in [-0.05, 0) is 66.8 Å². The monoisotopic (exact) mass is 461 g/mol. The van der Waals surface area contributed by atoms with Crippen LogP contribution < -0.4 is 9.47 Å². The average Bonchev–Trinajstić information content (AvgIpc) is 2.77. The van der Waals surface area contributed by atoms with Gasteiger partial charge in [-0.2, -0.15) is 22.5 Å². The molecule has 9 heteroatoms. The Labute approximate surface area is 186 Å². The van der Waals surface area contributed by atoms with Crippen molar-refractivity contribution in [3.8, 4) is 17.2 Å². The van der Waals surface area contributed by atoms with Crippen molar-refractivity contribution in [2.45, 2.75) is 20.8 Å². The molecule has 5 nitrogen and oxygen atoms in total. The summed E-state index contributed by atoms with van der Waals surface area (Å²) in [5.41, 5.74) is 3.53. The molecule has 2 aromatic carbocycles. The molecule has 0 spiro atoms. The van der Waals surface area contributed by atoms with Gasteiger partial charge in [0.15, 0.2) is 11.5 Å². The van der Waals surface area contributed by atoms with Gasteiger partial charge in [0.25, 0.3) is 11.9 Å². The fourth-order valence-electron chi connectivity index (χ4n) is 3.16. The van der Waals surface area contributed by atoms with Crippen LogP contribution in [0.25, 0.3) is 11.6 Å². The van der Waals surface area contributed by atoms with Crippen LogP contribution in [0.2, 0.25) is 0 Å². The number of rotatable bonds is 6. The highest BCUT2D eigenvalue weighted by Crippen LogP contribution is 2.36. The topological polar surface area (TPSA) is 68.7 Å². The number of ether oxygens (including phenoxy) is 2. The molecule has 0 atom stereocenters. The third kappa shape index (κ3) is 4.82. The summed E-state index contributed by atoms with van der Waals surface area (Å²) in [7, 11) is 1.25. The Balaban J connectivity index is 2.12. The summed E-state index contributed by atoms with van der Waals surface area (Å²) in [5, 5.41) is 9.76. The van der Waals surface area contributed by atoms with Crippen LogP contribution >= 0.6 is 0 Å². The van der Waals surface area contributed by atoms with Crippen LogP contribution in [-0.2, 0) is 4.79 Å². The highest BCUT2D eigenvalue weighted by Gasteiger charge is 2.24. The number of aliphatic carboxylic acids is 1. The minimum absolute atomic E-state index is 0.0116. The molecule has 3 rings (SSSR count). The van der Waals surface area contributed by atoms with E-state index >= 15 is 0 Å². The van der Waals surface area contributed by atoms with E-state index in [0.717, 1.165) is 16.7 Å². The van der Waals surface area contributed by atoms with E-state index < -0.39 is 35.2 Å². The second-order valence-electron chi connectivity index (χ2n) is 7.26. The van der Waals surface area contributed by atoms with Gasteiger partial charge in [0.1, 0.15) is 0 Å². The molecule has 3 aromatic rings. The lowest BCUT2D eigenvalue weighted by Crippen LogP contribution is -2.04. The predicted molar refractivity (Wildman–Crippen MR) is 113 cm³/mol. The van der Waals surface area contributed by atoms with Crippen molar-refractivity contribution in [3.63, 3.8) is 0 Å². The Morgan fingerprint density at radius 2 is 1.52 bits per heavy atom. The molecule has 1 aromatic heterocycles. The lowest BCUT2D eigenvalue weighted by atomic mass is 9.95. The Bertz CT molecular complexity index is 1240. The van der Waals surface area contributed by atoms with Crippen molar-refractivity contribution in [3.05, 3.63) is 81.7 Å². The minimum atomic E-state index is -1.88. The number of carbonyl (C=O) groups is 1. The first-order valence-electron chi connectivity index (χ1n) is 9.62. The number of aromatic nitrogens is 1. The Morgan fingerprint density at radius 1 is 0.939 bits per heavy atom. The van der Waals surface area contributed by atoms with Gasteiger partial charge < -0.3 is 14.6 Å². The first-order chi connectivity index (χ1) is 15.5. The van der Waals surface area contributed by atoms with E-state index in [4.69, 9.17) is 9.47 Å². The average molecular weight is 461 g/mol. The number of aryl methyl sites for hydroxylation is 2. The molecule has 0 radical (unpaired) electrons. The van der Waals surface area contributed by atoms with Crippen molar-refractivity contribution < 1.29 is 36.9 Å². The van der Waals surface area contributed by atoms with Crippen LogP contribution in [0.3, 0.4) is 0 Å². The van der Waals surface area contributed by atoms with Gasteiger partial charge in [-0.1, -0.05) is 18.2 Å².